The van der Waals surface area contributed by atoms with Gasteiger partial charge in [-0.25, -0.2) is 14.4 Å². The monoisotopic (exact) mass is 427 g/mol. The van der Waals surface area contributed by atoms with Gasteiger partial charge in [0.05, 0.1) is 22.9 Å². The van der Waals surface area contributed by atoms with Gasteiger partial charge < -0.3 is 14.6 Å². The number of halogens is 1. The van der Waals surface area contributed by atoms with Gasteiger partial charge in [-0.1, -0.05) is 24.3 Å². The summed E-state index contributed by atoms with van der Waals surface area (Å²) in [5.41, 5.74) is -0.156. The molecule has 2 N–H and O–H groups in total. The highest BCUT2D eigenvalue weighted by atomic mass is 127. The highest BCUT2D eigenvalue weighted by Crippen LogP contribution is 2.23. The lowest BCUT2D eigenvalue weighted by Gasteiger charge is -2.10. The molecule has 8 heteroatoms. The molecule has 0 saturated carbocycles. The number of ether oxygens (including phenoxy) is 2. The molecule has 0 bridgehead atoms. The first-order chi connectivity index (χ1) is 11.0. The average molecular weight is 427 g/mol. The summed E-state index contributed by atoms with van der Waals surface area (Å²) in [7, 11) is 0. The second-order valence-electron chi connectivity index (χ2n) is 4.17. The maximum absolute atomic E-state index is 12.3. The zero-order chi connectivity index (χ0) is 16.8. The molecular weight excluding hydrogens is 417 g/mol. The molecule has 7 nitrogen and oxygen atoms in total. The number of rotatable bonds is 4. The van der Waals surface area contributed by atoms with E-state index < -0.39 is 18.0 Å². The molecule has 2 aromatic rings. The van der Waals surface area contributed by atoms with Gasteiger partial charge in [0.2, 0.25) is 0 Å². The van der Waals surface area contributed by atoms with E-state index in [-0.39, 0.29) is 22.6 Å². The summed E-state index contributed by atoms with van der Waals surface area (Å²) < 4.78 is 12.3. The molecule has 0 aliphatic heterocycles. The summed E-state index contributed by atoms with van der Waals surface area (Å²) in [6.45, 7) is 0. The van der Waals surface area contributed by atoms with Gasteiger partial charge in [-0.15, -0.1) is 0 Å². The van der Waals surface area contributed by atoms with Gasteiger partial charge in [-0.2, -0.15) is 0 Å². The van der Waals surface area contributed by atoms with E-state index in [1.54, 1.807) is 41.1 Å². The van der Waals surface area contributed by atoms with Crippen LogP contribution < -0.4 is 13.0 Å². The van der Waals surface area contributed by atoms with Gasteiger partial charge in [-0.3, -0.25) is 3.53 Å². The van der Waals surface area contributed by atoms with Gasteiger partial charge in [0.1, 0.15) is 22.6 Å². The number of nitrogens with one attached hydrogen (secondary N) is 1. The van der Waals surface area contributed by atoms with Crippen LogP contribution in [0.4, 0.5) is 4.79 Å². The highest BCUT2D eigenvalue weighted by Gasteiger charge is 2.19. The van der Waals surface area contributed by atoms with Gasteiger partial charge in [-0.05, 0) is 24.3 Å². The zero-order valence-electron chi connectivity index (χ0n) is 11.5. The number of carboxylic acids is 1. The van der Waals surface area contributed by atoms with Gasteiger partial charge in [0.25, 0.3) is 0 Å². The lowest BCUT2D eigenvalue weighted by atomic mass is 10.2. The van der Waals surface area contributed by atoms with E-state index in [1.165, 1.54) is 30.3 Å². The maximum atomic E-state index is 12.3. The number of carboxylic acid groups (broad SMARTS) is 1. The van der Waals surface area contributed by atoms with Crippen LogP contribution in [0.25, 0.3) is 0 Å². The SMILES string of the molecule is O=C(NI)Oc1ccccc1C(=O)Oc1ccccc1C(=O)O. The Morgan fingerprint density at radius 3 is 1.96 bits per heavy atom. The van der Waals surface area contributed by atoms with Crippen molar-refractivity contribution in [3.63, 3.8) is 0 Å². The summed E-state index contributed by atoms with van der Waals surface area (Å²) in [6.07, 6.45) is -0.753. The van der Waals surface area contributed by atoms with Crippen molar-refractivity contribution in [1.29, 1.82) is 0 Å². The number of aromatic carboxylic acids is 1. The van der Waals surface area contributed by atoms with Crippen LogP contribution in [0, 0.1) is 0 Å². The van der Waals surface area contributed by atoms with Crippen molar-refractivity contribution in [2.24, 2.45) is 0 Å². The Bertz CT molecular complexity index is 761. The summed E-state index contributed by atoms with van der Waals surface area (Å²) in [4.78, 5) is 34.7. The summed E-state index contributed by atoms with van der Waals surface area (Å²) in [5.74, 6) is -2.16. The third-order valence-electron chi connectivity index (χ3n) is 2.71. The molecule has 0 aliphatic rings. The predicted molar refractivity (Wildman–Crippen MR) is 88.0 cm³/mol. The van der Waals surface area contributed by atoms with Gasteiger partial charge >= 0.3 is 18.0 Å². The number of benzene rings is 2. The Hall–Kier alpha value is -2.62. The molecule has 0 spiro atoms. The van der Waals surface area contributed by atoms with E-state index in [9.17, 15) is 14.4 Å². The van der Waals surface area contributed by atoms with Crippen LogP contribution in [-0.4, -0.2) is 23.1 Å². The second kappa shape index (κ2) is 7.58. The molecule has 2 rings (SSSR count). The summed E-state index contributed by atoms with van der Waals surface area (Å²) >= 11 is 1.59. The molecule has 0 radical (unpaired) electrons. The molecule has 2 aromatic carbocycles. The van der Waals surface area contributed by atoms with Crippen LogP contribution >= 0.6 is 22.9 Å². The molecule has 0 heterocycles. The third-order valence-corrected chi connectivity index (χ3v) is 3.15. The zero-order valence-corrected chi connectivity index (χ0v) is 13.6. The number of carbonyl (C=O) groups excluding carboxylic acids is 2. The average Bonchev–Trinajstić information content (AvgIpc) is 2.55. The number of amides is 1. The quantitative estimate of drug-likeness (QED) is 0.337. The fourth-order valence-electron chi connectivity index (χ4n) is 1.73. The Morgan fingerprint density at radius 2 is 1.39 bits per heavy atom. The van der Waals surface area contributed by atoms with Crippen molar-refractivity contribution >= 4 is 40.9 Å². The predicted octanol–water partition coefficient (Wildman–Crippen LogP) is 3.04. The van der Waals surface area contributed by atoms with Crippen LogP contribution in [-0.2, 0) is 0 Å². The van der Waals surface area contributed by atoms with E-state index in [0.717, 1.165) is 0 Å². The Morgan fingerprint density at radius 1 is 0.870 bits per heavy atom. The van der Waals surface area contributed by atoms with Crippen molar-refractivity contribution in [3.8, 4) is 11.5 Å². The van der Waals surface area contributed by atoms with E-state index >= 15 is 0 Å². The van der Waals surface area contributed by atoms with Crippen LogP contribution in [0.3, 0.4) is 0 Å². The topological polar surface area (TPSA) is 102 Å². The minimum Gasteiger partial charge on any atom is -0.478 e. The molecule has 0 unspecified atom stereocenters. The number of para-hydroxylation sites is 2. The Kier molecular flexibility index (Phi) is 5.52. The van der Waals surface area contributed by atoms with Gasteiger partial charge in [0, 0.05) is 0 Å². The molecule has 1 amide bonds. The van der Waals surface area contributed by atoms with Crippen molar-refractivity contribution in [1.82, 2.24) is 3.53 Å². The fourth-order valence-corrected chi connectivity index (χ4v) is 1.84. The third kappa shape index (κ3) is 4.19. The molecule has 0 fully saturated rings. The first-order valence-corrected chi connectivity index (χ1v) is 7.32. The molecule has 0 aromatic heterocycles. The molecule has 0 atom stereocenters. The highest BCUT2D eigenvalue weighted by molar-refractivity contribution is 14.1. The largest absolute Gasteiger partial charge is 0.478 e. The smallest absolute Gasteiger partial charge is 0.421 e. The van der Waals surface area contributed by atoms with Crippen LogP contribution in [0.2, 0.25) is 0 Å². The summed E-state index contributed by atoms with van der Waals surface area (Å²) in [5, 5.41) is 9.08. The molecule has 118 valence electrons. The molecular formula is C15H10INO6. The van der Waals surface area contributed by atoms with E-state index in [1.807, 2.05) is 0 Å². The van der Waals surface area contributed by atoms with Crippen LogP contribution in [0.15, 0.2) is 48.5 Å². The summed E-state index contributed by atoms with van der Waals surface area (Å²) in [6, 6.07) is 11.7. The van der Waals surface area contributed by atoms with E-state index in [2.05, 4.69) is 3.53 Å². The van der Waals surface area contributed by atoms with Crippen molar-refractivity contribution < 1.29 is 29.0 Å². The van der Waals surface area contributed by atoms with E-state index in [0.29, 0.717) is 0 Å². The normalized spacial score (nSPS) is 9.78. The number of hydrogen-bond acceptors (Lipinski definition) is 5. The molecule has 0 saturated heterocycles. The Labute approximate surface area is 144 Å². The fraction of sp³-hybridized carbons (Fsp3) is 0. The number of carbonyl (C=O) groups is 3. The van der Waals surface area contributed by atoms with Crippen molar-refractivity contribution in [2.75, 3.05) is 0 Å². The molecule has 23 heavy (non-hydrogen) atoms. The number of esters is 1. The lowest BCUT2D eigenvalue weighted by molar-refractivity contribution is 0.0681. The standard InChI is InChI=1S/C15H10INO6/c16-17-15(21)23-12-8-4-2-6-10(12)14(20)22-11-7-3-1-5-9(11)13(18)19/h1-8H,(H,17,21)(H,18,19). The van der Waals surface area contributed by atoms with Crippen LogP contribution in [0.5, 0.6) is 11.5 Å². The second-order valence-corrected chi connectivity index (χ2v) is 4.71. The number of hydrogen-bond donors (Lipinski definition) is 2. The Balaban J connectivity index is 2.29. The first-order valence-electron chi connectivity index (χ1n) is 6.25. The van der Waals surface area contributed by atoms with Crippen molar-refractivity contribution in [2.45, 2.75) is 0 Å². The van der Waals surface area contributed by atoms with E-state index in [4.69, 9.17) is 14.6 Å². The van der Waals surface area contributed by atoms with Gasteiger partial charge in [0.15, 0.2) is 0 Å². The minimum atomic E-state index is -1.22. The van der Waals surface area contributed by atoms with Crippen molar-refractivity contribution in [3.05, 3.63) is 59.7 Å². The molecule has 0 aliphatic carbocycles. The lowest BCUT2D eigenvalue weighted by Crippen LogP contribution is -2.19. The minimum absolute atomic E-state index is 0.000489. The van der Waals surface area contributed by atoms with Crippen LogP contribution in [0.1, 0.15) is 20.7 Å². The first kappa shape index (κ1) is 16.7. The maximum Gasteiger partial charge on any atom is 0.421 e.